The van der Waals surface area contributed by atoms with Gasteiger partial charge in [0.2, 0.25) is 5.91 Å². The molecule has 1 amide bonds. The monoisotopic (exact) mass is 305 g/mol. The second-order valence-corrected chi connectivity index (χ2v) is 5.70. The minimum atomic E-state index is -1.32. The number of anilines is 1. The fourth-order valence-electron chi connectivity index (χ4n) is 2.11. The van der Waals surface area contributed by atoms with Crippen LogP contribution in [0.15, 0.2) is 35.7 Å². The molecular weight excluding hydrogens is 298 g/mol. The van der Waals surface area contributed by atoms with Gasteiger partial charge in [-0.05, 0) is 29.6 Å². The van der Waals surface area contributed by atoms with E-state index in [1.807, 2.05) is 0 Å². The second-order valence-electron chi connectivity index (χ2n) is 4.32. The number of fused-ring (bicyclic) bond motifs is 1. The van der Waals surface area contributed by atoms with E-state index in [2.05, 4.69) is 5.32 Å². The van der Waals surface area contributed by atoms with Gasteiger partial charge in [0.1, 0.15) is 0 Å². The molecule has 0 bridgehead atoms. The lowest BCUT2D eigenvalue weighted by atomic mass is 9.88. The highest BCUT2D eigenvalue weighted by Gasteiger charge is 2.40. The largest absolute Gasteiger partial charge is 0.324 e. The normalized spacial score (nSPS) is 17.6. The fraction of sp³-hybridized carbons (Fsp3) is 0.0714. The van der Waals surface area contributed by atoms with E-state index in [-0.39, 0.29) is 0 Å². The van der Waals surface area contributed by atoms with Gasteiger partial charge in [-0.1, -0.05) is 17.7 Å². The number of carbonyl (C=O) groups excluding carboxylic acids is 3. The van der Waals surface area contributed by atoms with Crippen molar-refractivity contribution in [2.45, 2.75) is 0 Å². The highest BCUT2D eigenvalue weighted by atomic mass is 35.5. The molecule has 1 aromatic heterocycles. The number of thiophene rings is 1. The van der Waals surface area contributed by atoms with E-state index < -0.39 is 23.4 Å². The molecule has 1 aliphatic heterocycles. The molecule has 1 aromatic carbocycles. The van der Waals surface area contributed by atoms with Crippen LogP contribution in [-0.2, 0) is 4.79 Å². The smallest absolute Gasteiger partial charge is 0.243 e. The molecule has 0 radical (unpaired) electrons. The van der Waals surface area contributed by atoms with Gasteiger partial charge in [0.15, 0.2) is 17.5 Å². The minimum absolute atomic E-state index is 0.309. The number of halogens is 1. The van der Waals surface area contributed by atoms with E-state index in [4.69, 9.17) is 11.6 Å². The van der Waals surface area contributed by atoms with Crippen molar-refractivity contribution in [3.63, 3.8) is 0 Å². The molecule has 20 heavy (non-hydrogen) atoms. The Bertz CT molecular complexity index is 724. The zero-order chi connectivity index (χ0) is 14.3. The summed E-state index contributed by atoms with van der Waals surface area (Å²) in [6.07, 6.45) is 0. The first-order valence-electron chi connectivity index (χ1n) is 5.80. The molecule has 1 aliphatic rings. The van der Waals surface area contributed by atoms with Crippen molar-refractivity contribution in [1.29, 1.82) is 0 Å². The lowest BCUT2D eigenvalue weighted by Crippen LogP contribution is -2.40. The summed E-state index contributed by atoms with van der Waals surface area (Å²) in [7, 11) is 0. The van der Waals surface area contributed by atoms with Crippen molar-refractivity contribution in [1.82, 2.24) is 0 Å². The lowest BCUT2D eigenvalue weighted by Gasteiger charge is -2.22. The lowest BCUT2D eigenvalue weighted by molar-refractivity contribution is -0.117. The van der Waals surface area contributed by atoms with Crippen LogP contribution in [0.1, 0.15) is 20.0 Å². The first-order valence-corrected chi connectivity index (χ1v) is 7.06. The Hall–Kier alpha value is -1.98. The van der Waals surface area contributed by atoms with Crippen molar-refractivity contribution in [2.24, 2.45) is 5.92 Å². The third kappa shape index (κ3) is 2.05. The molecule has 0 aliphatic carbocycles. The van der Waals surface area contributed by atoms with E-state index in [1.54, 1.807) is 23.6 Å². The molecule has 6 heteroatoms. The average molecular weight is 306 g/mol. The molecule has 1 atom stereocenters. The fourth-order valence-corrected chi connectivity index (χ4v) is 2.98. The molecule has 0 saturated heterocycles. The summed E-state index contributed by atoms with van der Waals surface area (Å²) in [6.45, 7) is 0. The van der Waals surface area contributed by atoms with Crippen LogP contribution in [0.3, 0.4) is 0 Å². The maximum Gasteiger partial charge on any atom is 0.243 e. The summed E-state index contributed by atoms with van der Waals surface area (Å²) in [5, 5.41) is 4.71. The SMILES string of the molecule is O=C1Nc2cc(Cl)ccc2C(=O)C1C(=O)c1cccs1. The van der Waals surface area contributed by atoms with Crippen molar-refractivity contribution >= 4 is 46.1 Å². The van der Waals surface area contributed by atoms with E-state index >= 15 is 0 Å². The molecule has 0 saturated carbocycles. The van der Waals surface area contributed by atoms with Gasteiger partial charge >= 0.3 is 0 Å². The van der Waals surface area contributed by atoms with Crippen LogP contribution in [0.4, 0.5) is 5.69 Å². The Balaban J connectivity index is 2.03. The van der Waals surface area contributed by atoms with Crippen molar-refractivity contribution in [2.75, 3.05) is 5.32 Å². The maximum absolute atomic E-state index is 12.4. The standard InChI is InChI=1S/C14H8ClNO3S/c15-7-3-4-8-9(6-7)16-14(19)11(12(8)17)13(18)10-2-1-5-20-10/h1-6,11H,(H,16,19). The minimum Gasteiger partial charge on any atom is -0.324 e. The molecule has 3 rings (SSSR count). The van der Waals surface area contributed by atoms with Gasteiger partial charge < -0.3 is 5.32 Å². The number of nitrogens with one attached hydrogen (secondary N) is 1. The van der Waals surface area contributed by atoms with Crippen LogP contribution < -0.4 is 5.32 Å². The number of amides is 1. The summed E-state index contributed by atoms with van der Waals surface area (Å²) in [4.78, 5) is 37.0. The van der Waals surface area contributed by atoms with Crippen LogP contribution >= 0.6 is 22.9 Å². The highest BCUT2D eigenvalue weighted by molar-refractivity contribution is 7.12. The van der Waals surface area contributed by atoms with Crippen LogP contribution in [-0.4, -0.2) is 17.5 Å². The van der Waals surface area contributed by atoms with E-state index in [9.17, 15) is 14.4 Å². The Kier molecular flexibility index (Phi) is 3.16. The zero-order valence-electron chi connectivity index (χ0n) is 10.1. The Morgan fingerprint density at radius 3 is 2.75 bits per heavy atom. The molecule has 0 fully saturated rings. The maximum atomic E-state index is 12.4. The topological polar surface area (TPSA) is 63.2 Å². The molecule has 100 valence electrons. The van der Waals surface area contributed by atoms with Gasteiger partial charge in [-0.2, -0.15) is 0 Å². The van der Waals surface area contributed by atoms with Crippen LogP contribution in [0.2, 0.25) is 5.02 Å². The first-order chi connectivity index (χ1) is 9.58. The Morgan fingerprint density at radius 1 is 1.25 bits per heavy atom. The molecule has 0 spiro atoms. The number of hydrogen-bond donors (Lipinski definition) is 1. The van der Waals surface area contributed by atoms with Gasteiger partial charge in [-0.15, -0.1) is 11.3 Å². The first kappa shape index (κ1) is 13.0. The second kappa shape index (κ2) is 4.85. The number of rotatable bonds is 2. The van der Waals surface area contributed by atoms with Crippen LogP contribution in [0, 0.1) is 5.92 Å². The van der Waals surface area contributed by atoms with Crippen LogP contribution in [0.25, 0.3) is 0 Å². The quantitative estimate of drug-likeness (QED) is 0.685. The van der Waals surface area contributed by atoms with E-state index in [0.29, 0.717) is 21.2 Å². The average Bonchev–Trinajstić information content (AvgIpc) is 2.91. The van der Waals surface area contributed by atoms with Gasteiger partial charge in [0.25, 0.3) is 0 Å². The Morgan fingerprint density at radius 2 is 2.05 bits per heavy atom. The van der Waals surface area contributed by atoms with E-state index in [1.165, 1.54) is 23.5 Å². The summed E-state index contributed by atoms with van der Waals surface area (Å²) >= 11 is 7.03. The van der Waals surface area contributed by atoms with Crippen molar-refractivity contribution in [3.8, 4) is 0 Å². The molecular formula is C14H8ClNO3S. The van der Waals surface area contributed by atoms with E-state index in [0.717, 1.165) is 0 Å². The summed E-state index contributed by atoms with van der Waals surface area (Å²) < 4.78 is 0. The molecule has 1 N–H and O–H groups in total. The van der Waals surface area contributed by atoms with Crippen LogP contribution in [0.5, 0.6) is 0 Å². The molecule has 1 unspecified atom stereocenters. The third-order valence-corrected chi connectivity index (χ3v) is 4.18. The molecule has 2 heterocycles. The molecule has 2 aromatic rings. The van der Waals surface area contributed by atoms with Gasteiger partial charge in [0.05, 0.1) is 10.6 Å². The molecule has 4 nitrogen and oxygen atoms in total. The Labute approximate surface area is 123 Å². The predicted octanol–water partition coefficient (Wildman–Crippen LogP) is 3.04. The predicted molar refractivity (Wildman–Crippen MR) is 76.6 cm³/mol. The highest BCUT2D eigenvalue weighted by Crippen LogP contribution is 2.30. The van der Waals surface area contributed by atoms with Gasteiger partial charge in [0, 0.05) is 10.6 Å². The third-order valence-electron chi connectivity index (χ3n) is 3.06. The summed E-state index contributed by atoms with van der Waals surface area (Å²) in [5.74, 6) is -2.88. The zero-order valence-corrected chi connectivity index (χ0v) is 11.6. The number of ketones is 2. The van der Waals surface area contributed by atoms with Crippen molar-refractivity contribution < 1.29 is 14.4 Å². The number of hydrogen-bond acceptors (Lipinski definition) is 4. The number of benzene rings is 1. The van der Waals surface area contributed by atoms with Gasteiger partial charge in [-0.3, -0.25) is 14.4 Å². The summed E-state index contributed by atoms with van der Waals surface area (Å²) in [5.41, 5.74) is 0.659. The van der Waals surface area contributed by atoms with Crippen molar-refractivity contribution in [3.05, 3.63) is 51.2 Å². The summed E-state index contributed by atoms with van der Waals surface area (Å²) in [6, 6.07) is 7.89. The number of Topliss-reactive ketones (excluding diaryl/α,β-unsaturated/α-hetero) is 2. The van der Waals surface area contributed by atoms with Gasteiger partial charge in [-0.25, -0.2) is 0 Å². The number of carbonyl (C=O) groups is 3.